The van der Waals surface area contributed by atoms with E-state index in [2.05, 4.69) is 9.62 Å². The maximum atomic E-state index is 13.2. The van der Waals surface area contributed by atoms with Crippen molar-refractivity contribution in [1.29, 1.82) is 0 Å². The summed E-state index contributed by atoms with van der Waals surface area (Å²) in [5.41, 5.74) is 2.53. The van der Waals surface area contributed by atoms with Crippen LogP contribution >= 0.6 is 0 Å². The average molecular weight is 470 g/mol. The Labute approximate surface area is 192 Å². The average Bonchev–Trinajstić information content (AvgIpc) is 2.79. The Morgan fingerprint density at radius 3 is 2.24 bits per heavy atom. The van der Waals surface area contributed by atoms with Crippen LogP contribution in [0.1, 0.15) is 15.9 Å². The standard InChI is InChI=1S/C24H24FN3O4S/c1-17-3-2-4-21(15-17)33(31,32)26-22-16-18(24(29)30)5-10-23(22)28-13-11-27(12-14-28)20-8-6-19(25)7-9-20/h2-10,15-16,26H,11-14H2,1H3,(H,29,30). The van der Waals surface area contributed by atoms with Crippen LogP contribution in [-0.2, 0) is 10.0 Å². The normalized spacial score (nSPS) is 14.2. The third-order valence-electron chi connectivity index (χ3n) is 5.60. The smallest absolute Gasteiger partial charge is 0.335 e. The van der Waals surface area contributed by atoms with Crippen molar-refractivity contribution in [3.05, 3.63) is 83.7 Å². The van der Waals surface area contributed by atoms with Crippen LogP contribution in [-0.4, -0.2) is 45.7 Å². The Balaban J connectivity index is 1.60. The fourth-order valence-electron chi connectivity index (χ4n) is 3.87. The molecule has 7 nitrogen and oxygen atoms in total. The van der Waals surface area contributed by atoms with Crippen LogP contribution in [0.25, 0.3) is 0 Å². The number of carboxylic acids is 1. The van der Waals surface area contributed by atoms with Gasteiger partial charge in [0.2, 0.25) is 0 Å². The van der Waals surface area contributed by atoms with Gasteiger partial charge in [0, 0.05) is 31.9 Å². The van der Waals surface area contributed by atoms with Crippen molar-refractivity contribution in [2.75, 3.05) is 40.7 Å². The summed E-state index contributed by atoms with van der Waals surface area (Å²) >= 11 is 0. The number of halogens is 1. The van der Waals surface area contributed by atoms with Crippen molar-refractivity contribution in [2.24, 2.45) is 0 Å². The van der Waals surface area contributed by atoms with Crippen molar-refractivity contribution in [3.63, 3.8) is 0 Å². The number of hydrogen-bond acceptors (Lipinski definition) is 5. The molecule has 0 saturated carbocycles. The molecule has 0 radical (unpaired) electrons. The molecule has 1 saturated heterocycles. The maximum absolute atomic E-state index is 13.2. The van der Waals surface area contributed by atoms with Crippen LogP contribution in [0, 0.1) is 12.7 Å². The predicted octanol–water partition coefficient (Wildman–Crippen LogP) is 3.96. The molecule has 172 valence electrons. The molecular formula is C24H24FN3O4S. The molecule has 4 rings (SSSR count). The van der Waals surface area contributed by atoms with E-state index in [0.29, 0.717) is 31.9 Å². The number of carbonyl (C=O) groups is 1. The van der Waals surface area contributed by atoms with E-state index in [9.17, 15) is 22.7 Å². The van der Waals surface area contributed by atoms with Crippen LogP contribution in [0.3, 0.4) is 0 Å². The molecule has 0 atom stereocenters. The van der Waals surface area contributed by atoms with E-state index < -0.39 is 16.0 Å². The number of benzene rings is 3. The summed E-state index contributed by atoms with van der Waals surface area (Å²) < 4.78 is 41.8. The number of nitrogens with zero attached hydrogens (tertiary/aromatic N) is 2. The molecular weight excluding hydrogens is 445 g/mol. The van der Waals surface area contributed by atoms with Gasteiger partial charge < -0.3 is 14.9 Å². The number of rotatable bonds is 6. The number of aryl methyl sites for hydroxylation is 1. The van der Waals surface area contributed by atoms with Gasteiger partial charge in [-0.1, -0.05) is 12.1 Å². The topological polar surface area (TPSA) is 89.9 Å². The van der Waals surface area contributed by atoms with Crippen LogP contribution in [0.5, 0.6) is 0 Å². The highest BCUT2D eigenvalue weighted by atomic mass is 32.2. The van der Waals surface area contributed by atoms with Crippen molar-refractivity contribution in [2.45, 2.75) is 11.8 Å². The first-order valence-corrected chi connectivity index (χ1v) is 11.9. The molecule has 1 aliphatic heterocycles. The number of nitrogens with one attached hydrogen (secondary N) is 1. The minimum atomic E-state index is -3.91. The lowest BCUT2D eigenvalue weighted by molar-refractivity contribution is 0.0697. The van der Waals surface area contributed by atoms with E-state index in [1.807, 2.05) is 4.90 Å². The van der Waals surface area contributed by atoms with Crippen LogP contribution in [0.4, 0.5) is 21.5 Å². The second-order valence-electron chi connectivity index (χ2n) is 7.91. The molecule has 2 N–H and O–H groups in total. The third kappa shape index (κ3) is 5.09. The van der Waals surface area contributed by atoms with Crippen molar-refractivity contribution < 1.29 is 22.7 Å². The molecule has 1 aliphatic rings. The Kier molecular flexibility index (Phi) is 6.24. The van der Waals surface area contributed by atoms with E-state index in [1.54, 1.807) is 43.3 Å². The zero-order valence-electron chi connectivity index (χ0n) is 18.0. The Bertz CT molecular complexity index is 1270. The fraction of sp³-hybridized carbons (Fsp3) is 0.208. The fourth-order valence-corrected chi connectivity index (χ4v) is 5.04. The molecule has 0 unspecified atom stereocenters. The summed E-state index contributed by atoms with van der Waals surface area (Å²) in [5.74, 6) is -1.43. The third-order valence-corrected chi connectivity index (χ3v) is 6.96. The molecule has 33 heavy (non-hydrogen) atoms. The van der Waals surface area contributed by atoms with Gasteiger partial charge >= 0.3 is 5.97 Å². The lowest BCUT2D eigenvalue weighted by Gasteiger charge is -2.38. The summed E-state index contributed by atoms with van der Waals surface area (Å²) in [6.45, 7) is 4.27. The number of anilines is 3. The van der Waals surface area contributed by atoms with Crippen molar-refractivity contribution in [3.8, 4) is 0 Å². The van der Waals surface area contributed by atoms with Gasteiger partial charge in [0.05, 0.1) is 21.8 Å². The van der Waals surface area contributed by atoms with Gasteiger partial charge in [0.1, 0.15) is 5.82 Å². The van der Waals surface area contributed by atoms with Crippen LogP contribution in [0.15, 0.2) is 71.6 Å². The Morgan fingerprint density at radius 2 is 1.61 bits per heavy atom. The first-order chi connectivity index (χ1) is 15.7. The minimum absolute atomic E-state index is 0.00867. The van der Waals surface area contributed by atoms with Gasteiger partial charge in [0.25, 0.3) is 10.0 Å². The largest absolute Gasteiger partial charge is 0.478 e. The molecule has 0 bridgehead atoms. The van der Waals surface area contributed by atoms with Crippen LogP contribution < -0.4 is 14.5 Å². The Hall–Kier alpha value is -3.59. The monoisotopic (exact) mass is 469 g/mol. The van der Waals surface area contributed by atoms with Gasteiger partial charge in [-0.25, -0.2) is 17.6 Å². The minimum Gasteiger partial charge on any atom is -0.478 e. The molecule has 1 fully saturated rings. The highest BCUT2D eigenvalue weighted by Crippen LogP contribution is 2.31. The van der Waals surface area contributed by atoms with Gasteiger partial charge in [-0.3, -0.25) is 4.72 Å². The maximum Gasteiger partial charge on any atom is 0.335 e. The first kappa shape index (κ1) is 22.6. The van der Waals surface area contributed by atoms with E-state index >= 15 is 0 Å². The Morgan fingerprint density at radius 1 is 0.939 bits per heavy atom. The zero-order valence-corrected chi connectivity index (χ0v) is 18.8. The second-order valence-corrected chi connectivity index (χ2v) is 9.59. The summed E-state index contributed by atoms with van der Waals surface area (Å²) in [7, 11) is -3.91. The number of carboxylic acid groups (broad SMARTS) is 1. The predicted molar refractivity (Wildman–Crippen MR) is 126 cm³/mol. The van der Waals surface area contributed by atoms with Gasteiger partial charge in [-0.15, -0.1) is 0 Å². The van der Waals surface area contributed by atoms with E-state index in [-0.39, 0.29) is 22.0 Å². The van der Waals surface area contributed by atoms with Gasteiger partial charge in [-0.05, 0) is 67.1 Å². The lowest BCUT2D eigenvalue weighted by Crippen LogP contribution is -2.46. The summed E-state index contributed by atoms with van der Waals surface area (Å²) in [6.07, 6.45) is 0. The van der Waals surface area contributed by atoms with E-state index in [4.69, 9.17) is 0 Å². The molecule has 3 aromatic carbocycles. The summed E-state index contributed by atoms with van der Waals surface area (Å²) in [6, 6.07) is 17.3. The second kappa shape index (κ2) is 9.11. The van der Waals surface area contributed by atoms with Crippen molar-refractivity contribution >= 4 is 33.1 Å². The molecule has 0 aliphatic carbocycles. The number of aromatic carboxylic acids is 1. The van der Waals surface area contributed by atoms with Gasteiger partial charge in [0.15, 0.2) is 0 Å². The molecule has 1 heterocycles. The molecule has 9 heteroatoms. The first-order valence-electron chi connectivity index (χ1n) is 10.5. The van der Waals surface area contributed by atoms with Crippen molar-refractivity contribution in [1.82, 2.24) is 0 Å². The number of piperazine rings is 1. The molecule has 0 amide bonds. The van der Waals surface area contributed by atoms with Crippen LogP contribution in [0.2, 0.25) is 0 Å². The SMILES string of the molecule is Cc1cccc(S(=O)(=O)Nc2cc(C(=O)O)ccc2N2CCN(c3ccc(F)cc3)CC2)c1. The number of sulfonamides is 1. The molecule has 0 aromatic heterocycles. The van der Waals surface area contributed by atoms with E-state index in [0.717, 1.165) is 11.3 Å². The molecule has 0 spiro atoms. The van der Waals surface area contributed by atoms with Gasteiger partial charge in [-0.2, -0.15) is 0 Å². The summed E-state index contributed by atoms with van der Waals surface area (Å²) in [4.78, 5) is 15.8. The van der Waals surface area contributed by atoms with E-state index in [1.165, 1.54) is 30.3 Å². The highest BCUT2D eigenvalue weighted by Gasteiger charge is 2.23. The quantitative estimate of drug-likeness (QED) is 0.568. The lowest BCUT2D eigenvalue weighted by atomic mass is 10.1. The zero-order chi connectivity index (χ0) is 23.6. The number of hydrogen-bond donors (Lipinski definition) is 2. The molecule has 3 aromatic rings. The highest BCUT2D eigenvalue weighted by molar-refractivity contribution is 7.92. The summed E-state index contributed by atoms with van der Waals surface area (Å²) in [5, 5.41) is 9.42.